The van der Waals surface area contributed by atoms with E-state index in [-0.39, 0.29) is 6.71 Å². The van der Waals surface area contributed by atoms with Crippen LogP contribution in [0.5, 0.6) is 11.5 Å². The number of ether oxygens (including phenoxy) is 1. The molecule has 0 N–H and O–H groups in total. The minimum Gasteiger partial charge on any atom is -0.456 e. The van der Waals surface area contributed by atoms with E-state index in [1.54, 1.807) is 0 Å². The third kappa shape index (κ3) is 5.10. The van der Waals surface area contributed by atoms with Crippen LogP contribution in [0.15, 0.2) is 212 Å². The van der Waals surface area contributed by atoms with Crippen LogP contribution in [0.25, 0.3) is 56.5 Å². The van der Waals surface area contributed by atoms with E-state index in [9.17, 15) is 0 Å². The molecule has 8 aromatic carbocycles. The van der Waals surface area contributed by atoms with Gasteiger partial charge >= 0.3 is 0 Å². The summed E-state index contributed by atoms with van der Waals surface area (Å²) >= 11 is 0. The first-order chi connectivity index (χ1) is 29.3. The predicted octanol–water partition coefficient (Wildman–Crippen LogP) is 11.2. The molecule has 59 heavy (non-hydrogen) atoms. The maximum atomic E-state index is 7.29. The first-order valence-corrected chi connectivity index (χ1v) is 20.1. The maximum Gasteiger partial charge on any atom is 0.256 e. The number of fused-ring (bicyclic) bond motifs is 5. The Morgan fingerprint density at radius 1 is 0.407 bits per heavy atom. The van der Waals surface area contributed by atoms with Gasteiger partial charge in [0.2, 0.25) is 5.78 Å². The Bertz CT molecular complexity index is 3180. The van der Waals surface area contributed by atoms with Gasteiger partial charge in [-0.05, 0) is 52.8 Å². The van der Waals surface area contributed by atoms with E-state index in [1.807, 2.05) is 0 Å². The average molecular weight is 755 g/mol. The summed E-state index contributed by atoms with van der Waals surface area (Å²) in [4.78, 5) is 8.09. The molecule has 0 aliphatic carbocycles. The Kier molecular flexibility index (Phi) is 7.57. The van der Waals surface area contributed by atoms with Crippen LogP contribution in [-0.4, -0.2) is 20.7 Å². The van der Waals surface area contributed by atoms with Crippen molar-refractivity contribution in [1.29, 1.82) is 0 Å². The molecule has 12 rings (SSSR count). The molecule has 6 heteroatoms. The number of benzene rings is 8. The van der Waals surface area contributed by atoms with Gasteiger partial charge in [0, 0.05) is 39.3 Å². The lowest BCUT2D eigenvalue weighted by molar-refractivity contribution is 0.485. The van der Waals surface area contributed by atoms with Crippen LogP contribution in [0.2, 0.25) is 0 Å². The Labute approximate surface area is 342 Å². The number of para-hydroxylation sites is 3. The molecule has 0 saturated heterocycles. The number of nitrogens with zero attached hydrogens (tertiary/aromatic N) is 4. The number of rotatable bonds is 6. The molecular weight excluding hydrogens is 719 g/mol. The fourth-order valence-corrected chi connectivity index (χ4v) is 9.35. The van der Waals surface area contributed by atoms with Gasteiger partial charge in [-0.1, -0.05) is 176 Å². The second-order valence-electron chi connectivity index (χ2n) is 15.1. The Balaban J connectivity index is 1.25. The van der Waals surface area contributed by atoms with Gasteiger partial charge in [0.25, 0.3) is 6.71 Å². The molecule has 2 aromatic heterocycles. The number of hydrogen-bond acceptors (Lipinski definition) is 3. The van der Waals surface area contributed by atoms with E-state index in [0.29, 0.717) is 0 Å². The summed E-state index contributed by atoms with van der Waals surface area (Å²) in [6, 6.07) is 75.2. The minimum absolute atomic E-state index is 0.0547. The van der Waals surface area contributed by atoms with E-state index < -0.39 is 0 Å². The number of imidazole rings is 2. The summed E-state index contributed by atoms with van der Waals surface area (Å²) in [6.07, 6.45) is 0. The second kappa shape index (κ2) is 13.4. The lowest BCUT2D eigenvalue weighted by Crippen LogP contribution is -2.59. The van der Waals surface area contributed by atoms with Gasteiger partial charge in [-0.15, -0.1) is 0 Å². The smallest absolute Gasteiger partial charge is 0.256 e. The van der Waals surface area contributed by atoms with E-state index in [4.69, 9.17) is 9.72 Å². The largest absolute Gasteiger partial charge is 0.456 e. The fraction of sp³-hybridized carbons (Fsp3) is 0. The normalized spacial score (nSPS) is 12.5. The zero-order chi connectivity index (χ0) is 38.9. The molecule has 4 heterocycles. The van der Waals surface area contributed by atoms with Crippen LogP contribution < -0.4 is 26.0 Å². The van der Waals surface area contributed by atoms with Gasteiger partial charge in [0.1, 0.15) is 11.5 Å². The van der Waals surface area contributed by atoms with Crippen LogP contribution >= 0.6 is 0 Å². The lowest BCUT2D eigenvalue weighted by atomic mass is 9.34. The third-order valence-corrected chi connectivity index (χ3v) is 11.8. The van der Waals surface area contributed by atoms with Gasteiger partial charge in [-0.3, -0.25) is 8.97 Å². The van der Waals surface area contributed by atoms with Crippen molar-refractivity contribution in [3.63, 3.8) is 0 Å². The summed E-state index contributed by atoms with van der Waals surface area (Å²) in [5.74, 6) is 2.48. The molecule has 5 nitrogen and oxygen atoms in total. The van der Waals surface area contributed by atoms with Crippen LogP contribution in [0.1, 0.15) is 0 Å². The highest BCUT2D eigenvalue weighted by Gasteiger charge is 2.43. The van der Waals surface area contributed by atoms with Gasteiger partial charge in [-0.2, -0.15) is 0 Å². The van der Waals surface area contributed by atoms with Crippen molar-refractivity contribution in [2.45, 2.75) is 0 Å². The van der Waals surface area contributed by atoms with E-state index in [1.165, 1.54) is 11.2 Å². The zero-order valence-electron chi connectivity index (χ0n) is 32.0. The molecule has 2 aliphatic rings. The predicted molar refractivity (Wildman–Crippen MR) is 242 cm³/mol. The highest BCUT2D eigenvalue weighted by Crippen LogP contribution is 2.48. The molecule has 0 atom stereocenters. The van der Waals surface area contributed by atoms with Crippen molar-refractivity contribution in [2.24, 2.45) is 0 Å². The van der Waals surface area contributed by atoms with Crippen LogP contribution in [-0.2, 0) is 0 Å². The molecule has 0 saturated carbocycles. The maximum absolute atomic E-state index is 7.29. The van der Waals surface area contributed by atoms with Gasteiger partial charge in [-0.25, -0.2) is 4.98 Å². The lowest BCUT2D eigenvalue weighted by Gasteiger charge is -2.40. The van der Waals surface area contributed by atoms with Crippen LogP contribution in [0.4, 0.5) is 17.1 Å². The summed E-state index contributed by atoms with van der Waals surface area (Å²) < 4.78 is 12.0. The summed E-state index contributed by atoms with van der Waals surface area (Å²) in [6.45, 7) is -0.0547. The van der Waals surface area contributed by atoms with Crippen LogP contribution in [0.3, 0.4) is 0 Å². The number of hydrogen-bond donors (Lipinski definition) is 0. The van der Waals surface area contributed by atoms with E-state index in [2.05, 4.69) is 226 Å². The van der Waals surface area contributed by atoms with Crippen molar-refractivity contribution in [2.75, 3.05) is 4.90 Å². The molecule has 0 radical (unpaired) electrons. The topological polar surface area (TPSA) is 34.7 Å². The van der Waals surface area contributed by atoms with E-state index in [0.717, 1.165) is 90.3 Å². The van der Waals surface area contributed by atoms with Crippen molar-refractivity contribution >= 4 is 45.9 Å². The Morgan fingerprint density at radius 2 is 0.915 bits per heavy atom. The zero-order valence-corrected chi connectivity index (χ0v) is 32.0. The molecular formula is C53H35BN4O. The second-order valence-corrected chi connectivity index (χ2v) is 15.1. The SMILES string of the molecule is c1ccc(-c2nc3n(-c4ccc5c6c4Oc4ccccc4B6c4ccccc4N5c4ccccc4)c(-c4ccccc4)c(-c4ccccc4)n3c2-c2ccccc2)cc1. The highest BCUT2D eigenvalue weighted by atomic mass is 16.5. The first-order valence-electron chi connectivity index (χ1n) is 20.1. The molecule has 0 spiro atoms. The number of anilines is 3. The molecule has 10 aromatic rings. The van der Waals surface area contributed by atoms with Gasteiger partial charge in [0.05, 0.1) is 28.5 Å². The van der Waals surface area contributed by atoms with Crippen LogP contribution in [0, 0.1) is 0 Å². The molecule has 0 fully saturated rings. The number of aromatic nitrogens is 3. The van der Waals surface area contributed by atoms with Crippen molar-refractivity contribution in [3.05, 3.63) is 212 Å². The quantitative estimate of drug-likeness (QED) is 0.159. The molecule has 0 bridgehead atoms. The minimum atomic E-state index is -0.0547. The van der Waals surface area contributed by atoms with Crippen molar-refractivity contribution in [1.82, 2.24) is 14.0 Å². The molecule has 0 unspecified atom stereocenters. The van der Waals surface area contributed by atoms with Crippen molar-refractivity contribution < 1.29 is 4.74 Å². The first kappa shape index (κ1) is 33.3. The fourth-order valence-electron chi connectivity index (χ4n) is 9.35. The molecule has 2 aliphatic heterocycles. The van der Waals surface area contributed by atoms with Gasteiger partial charge in [0.15, 0.2) is 0 Å². The Hall–Kier alpha value is -7.83. The summed E-state index contributed by atoms with van der Waals surface area (Å²) in [7, 11) is 0. The average Bonchev–Trinajstić information content (AvgIpc) is 3.85. The van der Waals surface area contributed by atoms with E-state index >= 15 is 0 Å². The highest BCUT2D eigenvalue weighted by molar-refractivity contribution is 6.99. The third-order valence-electron chi connectivity index (χ3n) is 11.8. The molecule has 276 valence electrons. The summed E-state index contributed by atoms with van der Waals surface area (Å²) in [5.41, 5.74) is 16.1. The summed E-state index contributed by atoms with van der Waals surface area (Å²) in [5, 5.41) is 0. The monoisotopic (exact) mass is 754 g/mol. The Morgan fingerprint density at radius 3 is 1.58 bits per heavy atom. The standard InChI is InChI=1S/C53H35BN4O/c1-6-20-36(21-7-1)48-49(37-22-8-2-9-23-37)58-51(39-26-12-4-13-27-39)50(38-24-10-3-11-25-38)57(53(58)55-48)45-35-34-44-47-52(45)59-46-33-19-17-31-42(46)54(47)41-30-16-18-32-43(41)56(44)40-28-14-5-15-29-40/h1-35H. The molecule has 0 amide bonds. The van der Waals surface area contributed by atoms with Crippen molar-refractivity contribution in [3.8, 4) is 62.2 Å². The van der Waals surface area contributed by atoms with Gasteiger partial charge < -0.3 is 9.64 Å².